The molecule has 0 aliphatic heterocycles. The summed E-state index contributed by atoms with van der Waals surface area (Å²) in [5.41, 5.74) is 3.83. The van der Waals surface area contributed by atoms with Gasteiger partial charge in [0.1, 0.15) is 11.3 Å². The Morgan fingerprint density at radius 1 is 0.689 bits per heavy atom. The van der Waals surface area contributed by atoms with Gasteiger partial charge in [0.05, 0.1) is 18.8 Å². The van der Waals surface area contributed by atoms with Crippen molar-refractivity contribution in [3.63, 3.8) is 0 Å². The van der Waals surface area contributed by atoms with Crippen molar-refractivity contribution in [2.45, 2.75) is 46.5 Å². The number of hydrogen-bond donors (Lipinski definition) is 0. The van der Waals surface area contributed by atoms with E-state index in [-0.39, 0.29) is 13.2 Å². The van der Waals surface area contributed by atoms with Crippen molar-refractivity contribution < 1.29 is 33.0 Å². The Hall–Kier alpha value is -5.24. The van der Waals surface area contributed by atoms with Crippen LogP contribution in [0.2, 0.25) is 0 Å². The second-order valence-electron chi connectivity index (χ2n) is 11.1. The molecule has 0 fully saturated rings. The van der Waals surface area contributed by atoms with Crippen LogP contribution in [0, 0.1) is 0 Å². The molecule has 1 heterocycles. The third kappa shape index (κ3) is 8.44. The fourth-order valence-electron chi connectivity index (χ4n) is 4.67. The molecule has 0 aliphatic carbocycles. The molecule has 0 radical (unpaired) electrons. The third-order valence-electron chi connectivity index (χ3n) is 7.01. The van der Waals surface area contributed by atoms with Crippen LogP contribution in [0.3, 0.4) is 0 Å². The van der Waals surface area contributed by atoms with E-state index in [1.165, 1.54) is 0 Å². The number of esters is 3. The maximum atomic E-state index is 13.3. The molecule has 0 bridgehead atoms. The van der Waals surface area contributed by atoms with Crippen LogP contribution < -0.4 is 10.4 Å². The average molecular weight is 609 g/mol. The summed E-state index contributed by atoms with van der Waals surface area (Å²) in [6.07, 6.45) is 2.25. The van der Waals surface area contributed by atoms with Crippen LogP contribution in [0.25, 0.3) is 32.9 Å². The van der Waals surface area contributed by atoms with Gasteiger partial charge < -0.3 is 18.6 Å². The largest absolute Gasteiger partial charge is 0.462 e. The summed E-state index contributed by atoms with van der Waals surface area (Å²) in [6, 6.07) is 16.6. The summed E-state index contributed by atoms with van der Waals surface area (Å²) in [5.74, 6) is -0.977. The molecule has 8 nitrogen and oxygen atoms in total. The van der Waals surface area contributed by atoms with Gasteiger partial charge >= 0.3 is 23.5 Å². The molecule has 0 N–H and O–H groups in total. The molecule has 0 spiro atoms. The Morgan fingerprint density at radius 2 is 1.29 bits per heavy atom. The van der Waals surface area contributed by atoms with Crippen LogP contribution >= 0.6 is 0 Å². The zero-order valence-corrected chi connectivity index (χ0v) is 25.8. The number of fused-ring (bicyclic) bond motifs is 2. The smallest absolute Gasteiger partial charge is 0.344 e. The second-order valence-corrected chi connectivity index (χ2v) is 11.1. The van der Waals surface area contributed by atoms with Gasteiger partial charge in [-0.05, 0) is 104 Å². The highest BCUT2D eigenvalue weighted by molar-refractivity contribution is 5.92. The van der Waals surface area contributed by atoms with Crippen molar-refractivity contribution in [2.24, 2.45) is 0 Å². The molecule has 0 saturated carbocycles. The Balaban J connectivity index is 1.64. The van der Waals surface area contributed by atoms with Gasteiger partial charge in [-0.25, -0.2) is 19.2 Å². The zero-order chi connectivity index (χ0) is 32.7. The molecule has 232 valence electrons. The Morgan fingerprint density at radius 3 is 1.93 bits per heavy atom. The van der Waals surface area contributed by atoms with E-state index in [0.717, 1.165) is 27.3 Å². The van der Waals surface area contributed by atoms with E-state index in [1.807, 2.05) is 42.5 Å². The standard InChI is InChI=1S/C37H36O8/c1-22(2)34(38)42-15-7-9-25-17-29(10-8-16-43-35(39)23(3)4)33-30(18-25)21-32(37(41)45-33)28-12-11-27-20-31(14-13-26(27)19-28)44-36(40)24(5)6/h11-14,17-21H,1,3,5,7-10,15-16H2,2,4,6H3. The lowest BCUT2D eigenvalue weighted by Gasteiger charge is -2.12. The highest BCUT2D eigenvalue weighted by Crippen LogP contribution is 2.30. The molecule has 8 heteroatoms. The van der Waals surface area contributed by atoms with Crippen LogP contribution in [0.1, 0.15) is 44.7 Å². The molecule has 4 rings (SSSR count). The topological polar surface area (TPSA) is 109 Å². The van der Waals surface area contributed by atoms with Crippen molar-refractivity contribution in [1.29, 1.82) is 0 Å². The fraction of sp³-hybridized carbons (Fsp3) is 0.243. The summed E-state index contributed by atoms with van der Waals surface area (Å²) in [4.78, 5) is 48.8. The number of hydrogen-bond acceptors (Lipinski definition) is 8. The summed E-state index contributed by atoms with van der Waals surface area (Å²) in [7, 11) is 0. The lowest BCUT2D eigenvalue weighted by molar-refractivity contribution is -0.139. The monoisotopic (exact) mass is 608 g/mol. The van der Waals surface area contributed by atoms with Gasteiger partial charge in [-0.15, -0.1) is 0 Å². The Kier molecular flexibility index (Phi) is 10.5. The first-order valence-corrected chi connectivity index (χ1v) is 14.6. The van der Waals surface area contributed by atoms with Gasteiger partial charge in [-0.1, -0.05) is 44.0 Å². The van der Waals surface area contributed by atoms with E-state index >= 15 is 0 Å². The molecular weight excluding hydrogens is 572 g/mol. The zero-order valence-electron chi connectivity index (χ0n) is 25.8. The minimum absolute atomic E-state index is 0.196. The first kappa shape index (κ1) is 32.7. The summed E-state index contributed by atoms with van der Waals surface area (Å²) in [5, 5.41) is 2.43. The maximum absolute atomic E-state index is 13.3. The van der Waals surface area contributed by atoms with Crippen LogP contribution in [0.5, 0.6) is 5.75 Å². The van der Waals surface area contributed by atoms with Crippen molar-refractivity contribution in [3.05, 3.63) is 113 Å². The SMILES string of the molecule is C=C(C)C(=O)OCCCc1cc(CCCOC(=O)C(=C)C)c2oc(=O)c(-c3ccc4cc(OC(=O)C(=C)C)ccc4c3)cc2c1. The first-order valence-electron chi connectivity index (χ1n) is 14.6. The number of rotatable bonds is 13. The predicted molar refractivity (Wildman–Crippen MR) is 174 cm³/mol. The van der Waals surface area contributed by atoms with Crippen LogP contribution in [-0.2, 0) is 36.7 Å². The molecule has 0 amide bonds. The minimum Gasteiger partial charge on any atom is -0.462 e. The Bertz CT molecular complexity index is 1890. The van der Waals surface area contributed by atoms with Gasteiger partial charge in [0.2, 0.25) is 0 Å². The van der Waals surface area contributed by atoms with Crippen molar-refractivity contribution >= 4 is 39.6 Å². The van der Waals surface area contributed by atoms with Crippen LogP contribution in [-0.4, -0.2) is 31.1 Å². The van der Waals surface area contributed by atoms with Crippen molar-refractivity contribution in [2.75, 3.05) is 13.2 Å². The molecule has 0 saturated heterocycles. The molecule has 0 aliphatic rings. The first-order chi connectivity index (χ1) is 21.4. The van der Waals surface area contributed by atoms with Crippen molar-refractivity contribution in [1.82, 2.24) is 0 Å². The molecule has 1 aromatic heterocycles. The van der Waals surface area contributed by atoms with Gasteiger partial charge in [0.15, 0.2) is 0 Å². The van der Waals surface area contributed by atoms with E-state index < -0.39 is 23.5 Å². The summed E-state index contributed by atoms with van der Waals surface area (Å²) >= 11 is 0. The van der Waals surface area contributed by atoms with Gasteiger partial charge in [-0.2, -0.15) is 0 Å². The quantitative estimate of drug-likeness (QED) is 0.0516. The average Bonchev–Trinajstić information content (AvgIpc) is 3.00. The number of aryl methyl sites for hydroxylation is 2. The normalized spacial score (nSPS) is 10.8. The van der Waals surface area contributed by atoms with Gasteiger partial charge in [-0.3, -0.25) is 0 Å². The number of carbonyl (C=O) groups is 3. The van der Waals surface area contributed by atoms with Crippen LogP contribution in [0.4, 0.5) is 0 Å². The van der Waals surface area contributed by atoms with Gasteiger partial charge in [0, 0.05) is 22.1 Å². The highest BCUT2D eigenvalue weighted by Gasteiger charge is 2.15. The van der Waals surface area contributed by atoms with Crippen LogP contribution in [0.15, 0.2) is 100 Å². The number of ether oxygens (including phenoxy) is 3. The van der Waals surface area contributed by atoms with E-state index in [4.69, 9.17) is 18.6 Å². The lowest BCUT2D eigenvalue weighted by Crippen LogP contribution is -2.08. The molecule has 4 aromatic rings. The predicted octanol–water partition coefficient (Wildman–Crippen LogP) is 7.20. The van der Waals surface area contributed by atoms with Gasteiger partial charge in [0.25, 0.3) is 0 Å². The summed E-state index contributed by atoms with van der Waals surface area (Å²) < 4.78 is 21.7. The highest BCUT2D eigenvalue weighted by atomic mass is 16.5. The third-order valence-corrected chi connectivity index (χ3v) is 7.01. The maximum Gasteiger partial charge on any atom is 0.344 e. The van der Waals surface area contributed by atoms with E-state index in [9.17, 15) is 19.2 Å². The fourth-order valence-corrected chi connectivity index (χ4v) is 4.67. The Labute approximate surface area is 261 Å². The van der Waals surface area contributed by atoms with Crippen molar-refractivity contribution in [3.8, 4) is 16.9 Å². The second kappa shape index (κ2) is 14.5. The molecule has 3 aromatic carbocycles. The minimum atomic E-state index is -0.501. The lowest BCUT2D eigenvalue weighted by atomic mass is 9.97. The van der Waals surface area contributed by atoms with E-state index in [2.05, 4.69) is 19.7 Å². The molecule has 0 atom stereocenters. The molecule has 0 unspecified atom stereocenters. The van der Waals surface area contributed by atoms with E-state index in [1.54, 1.807) is 32.9 Å². The molecule has 45 heavy (non-hydrogen) atoms. The van der Waals surface area contributed by atoms with E-state index in [0.29, 0.717) is 64.9 Å². The number of benzene rings is 3. The molecular formula is C37H36O8. The number of carbonyl (C=O) groups excluding carboxylic acids is 3. The summed E-state index contributed by atoms with van der Waals surface area (Å²) in [6.45, 7) is 16.0.